The largest absolute Gasteiger partial charge is 0.497 e. The number of amides is 4. The molecule has 332 valence electrons. The number of nitrogens with zero attached hydrogens (tertiary/aromatic N) is 3. The van der Waals surface area contributed by atoms with Crippen molar-refractivity contribution in [2.24, 2.45) is 0 Å². The molecule has 0 spiro atoms. The number of benzene rings is 4. The van der Waals surface area contributed by atoms with Crippen molar-refractivity contribution in [3.8, 4) is 5.75 Å². The number of anilines is 1. The molecular weight excluding hydrogens is 813 g/mol. The number of methoxy groups -OCH3 is 1. The highest BCUT2D eigenvalue weighted by atomic mass is 32.2. The van der Waals surface area contributed by atoms with E-state index in [4.69, 9.17) is 9.47 Å². The van der Waals surface area contributed by atoms with Gasteiger partial charge in [0.1, 0.15) is 5.75 Å². The summed E-state index contributed by atoms with van der Waals surface area (Å²) in [4.78, 5) is 58.4. The van der Waals surface area contributed by atoms with Crippen molar-refractivity contribution < 1.29 is 42.2 Å². The zero-order valence-electron chi connectivity index (χ0n) is 35.8. The molecule has 1 fully saturated rings. The second-order valence-corrected chi connectivity index (χ2v) is 17.4. The number of carbonyl (C=O) groups is 4. The predicted molar refractivity (Wildman–Crippen MR) is 237 cm³/mol. The van der Waals surface area contributed by atoms with E-state index in [2.05, 4.69) is 20.9 Å². The zero-order chi connectivity index (χ0) is 44.6. The van der Waals surface area contributed by atoms with E-state index in [0.29, 0.717) is 32.1 Å². The minimum absolute atomic E-state index is 0.0234. The summed E-state index contributed by atoms with van der Waals surface area (Å²) >= 11 is 0. The molecule has 16 heteroatoms. The Hall–Kier alpha value is -5.81. The number of ether oxygens (including phenoxy) is 2. The maximum atomic E-state index is 14.3. The summed E-state index contributed by atoms with van der Waals surface area (Å²) in [7, 11) is -0.940. The van der Waals surface area contributed by atoms with Gasteiger partial charge in [0.2, 0.25) is 21.8 Å². The van der Waals surface area contributed by atoms with E-state index < -0.39 is 40.0 Å². The van der Waals surface area contributed by atoms with E-state index in [1.54, 1.807) is 18.2 Å². The Labute approximate surface area is 364 Å². The van der Waals surface area contributed by atoms with Crippen LogP contribution in [-0.2, 0) is 37.3 Å². The molecule has 3 atom stereocenters. The molecule has 0 bridgehead atoms. The Morgan fingerprint density at radius 3 is 2.11 bits per heavy atom. The molecule has 0 aromatic heterocycles. The monoisotopic (exact) mass is 870 g/mol. The lowest BCUT2D eigenvalue weighted by molar-refractivity contribution is -0.135. The van der Waals surface area contributed by atoms with Crippen LogP contribution in [0.25, 0.3) is 0 Å². The Balaban J connectivity index is 1.38. The number of sulfonamides is 1. The minimum atomic E-state index is -3.80. The highest BCUT2D eigenvalue weighted by molar-refractivity contribution is 7.92. The number of rotatable bonds is 21. The third-order valence-corrected chi connectivity index (χ3v) is 11.9. The Kier molecular flexibility index (Phi) is 17.4. The summed E-state index contributed by atoms with van der Waals surface area (Å²) in [6, 6.07) is 28.4. The van der Waals surface area contributed by atoms with Gasteiger partial charge >= 0.3 is 0 Å². The average Bonchev–Trinajstić information content (AvgIpc) is 3.28. The van der Waals surface area contributed by atoms with E-state index >= 15 is 0 Å². The fraction of sp³-hybridized carbons (Fsp3) is 0.391. The summed E-state index contributed by atoms with van der Waals surface area (Å²) < 4.78 is 37.1. The fourth-order valence-corrected chi connectivity index (χ4v) is 7.49. The maximum Gasteiger partial charge on any atom is 0.251 e. The summed E-state index contributed by atoms with van der Waals surface area (Å²) in [6.45, 7) is 5.68. The lowest BCUT2D eigenvalue weighted by atomic mass is 9.99. The molecule has 4 aromatic carbocycles. The first-order valence-corrected chi connectivity index (χ1v) is 22.5. The molecule has 4 N–H and O–H groups in total. The molecule has 0 aliphatic carbocycles. The van der Waals surface area contributed by atoms with Crippen LogP contribution in [0.5, 0.6) is 5.75 Å². The summed E-state index contributed by atoms with van der Waals surface area (Å²) in [5, 5.41) is 20.7. The quantitative estimate of drug-likeness (QED) is 0.0966. The highest BCUT2D eigenvalue weighted by Crippen LogP contribution is 2.23. The normalized spacial score (nSPS) is 14.5. The summed E-state index contributed by atoms with van der Waals surface area (Å²) in [6.07, 6.45) is -0.335. The van der Waals surface area contributed by atoms with Gasteiger partial charge in [-0.1, -0.05) is 72.8 Å². The molecule has 1 heterocycles. The maximum absolute atomic E-state index is 14.3. The van der Waals surface area contributed by atoms with Crippen LogP contribution in [-0.4, -0.2) is 125 Å². The topological polar surface area (TPSA) is 187 Å². The van der Waals surface area contributed by atoms with Crippen LogP contribution < -0.4 is 25.0 Å². The highest BCUT2D eigenvalue weighted by Gasteiger charge is 2.28. The van der Waals surface area contributed by atoms with Crippen molar-refractivity contribution in [3.05, 3.63) is 131 Å². The molecular formula is C46H58N6O9S. The number of morpholine rings is 1. The van der Waals surface area contributed by atoms with E-state index in [-0.39, 0.29) is 61.0 Å². The van der Waals surface area contributed by atoms with Crippen LogP contribution in [0.15, 0.2) is 103 Å². The van der Waals surface area contributed by atoms with Gasteiger partial charge in [-0.25, -0.2) is 8.42 Å². The van der Waals surface area contributed by atoms with Crippen LogP contribution in [0, 0.1) is 0 Å². The third-order valence-electron chi connectivity index (χ3n) is 10.7. The first kappa shape index (κ1) is 47.2. The molecule has 0 saturated carbocycles. The molecule has 1 aliphatic rings. The zero-order valence-corrected chi connectivity index (χ0v) is 36.6. The number of hydrogen-bond acceptors (Lipinski definition) is 10. The van der Waals surface area contributed by atoms with Crippen molar-refractivity contribution in [2.45, 2.75) is 50.9 Å². The van der Waals surface area contributed by atoms with Gasteiger partial charge in [0.25, 0.3) is 11.8 Å². The van der Waals surface area contributed by atoms with Crippen LogP contribution in [0.2, 0.25) is 0 Å². The van der Waals surface area contributed by atoms with Crippen LogP contribution in [0.3, 0.4) is 0 Å². The number of hydrogen-bond donors (Lipinski definition) is 4. The van der Waals surface area contributed by atoms with Crippen molar-refractivity contribution in [3.63, 3.8) is 0 Å². The molecule has 15 nitrogen and oxygen atoms in total. The van der Waals surface area contributed by atoms with E-state index in [0.717, 1.165) is 40.3 Å². The van der Waals surface area contributed by atoms with E-state index in [9.17, 15) is 32.7 Å². The Morgan fingerprint density at radius 1 is 0.839 bits per heavy atom. The van der Waals surface area contributed by atoms with Gasteiger partial charge < -0.3 is 35.4 Å². The molecule has 1 saturated heterocycles. The van der Waals surface area contributed by atoms with Gasteiger partial charge in [0.15, 0.2) is 0 Å². The molecule has 0 unspecified atom stereocenters. The Morgan fingerprint density at radius 2 is 1.47 bits per heavy atom. The number of nitrogens with one attached hydrogen (secondary N) is 3. The molecule has 4 amide bonds. The van der Waals surface area contributed by atoms with Gasteiger partial charge in [-0.05, 0) is 60.4 Å². The van der Waals surface area contributed by atoms with Crippen LogP contribution in [0.4, 0.5) is 5.69 Å². The molecule has 4 aromatic rings. The lowest BCUT2D eigenvalue weighted by Gasteiger charge is -2.31. The Bertz CT molecular complexity index is 2220. The van der Waals surface area contributed by atoms with Gasteiger partial charge in [-0.3, -0.25) is 28.4 Å². The first-order chi connectivity index (χ1) is 29.7. The van der Waals surface area contributed by atoms with Crippen molar-refractivity contribution in [1.29, 1.82) is 0 Å². The molecule has 62 heavy (non-hydrogen) atoms. The molecule has 1 aliphatic heterocycles. The van der Waals surface area contributed by atoms with Crippen molar-refractivity contribution in [1.82, 2.24) is 25.8 Å². The van der Waals surface area contributed by atoms with Gasteiger partial charge in [-0.2, -0.15) is 0 Å². The van der Waals surface area contributed by atoms with Gasteiger partial charge in [0, 0.05) is 70.3 Å². The number of aliphatic hydroxyl groups excluding tert-OH is 1. The SMILES string of the molecule is COc1cccc(CN(C[C@@H](O)[C@H](Cc2ccccc2)NC(=O)c2cc(C(=O)N[C@H](C)c3ccccc3)cc(N(C)S(C)(=O)=O)c2)C(=O)CCC(=O)NCCN2CCOCC2)c1. The summed E-state index contributed by atoms with van der Waals surface area (Å²) in [5.41, 5.74) is 2.47. The third kappa shape index (κ3) is 14.4. The van der Waals surface area contributed by atoms with E-state index in [1.807, 2.05) is 73.7 Å². The van der Waals surface area contributed by atoms with E-state index in [1.165, 1.54) is 37.3 Å². The minimum Gasteiger partial charge on any atom is -0.497 e. The van der Waals surface area contributed by atoms with Gasteiger partial charge in [-0.15, -0.1) is 0 Å². The number of aliphatic hydroxyl groups is 1. The fourth-order valence-electron chi connectivity index (χ4n) is 7.00. The van der Waals surface area contributed by atoms with Crippen LogP contribution in [0.1, 0.15) is 63.2 Å². The number of carbonyl (C=O) groups excluding carboxylic acids is 4. The van der Waals surface area contributed by atoms with Crippen molar-refractivity contribution >= 4 is 39.3 Å². The lowest BCUT2D eigenvalue weighted by Crippen LogP contribution is -2.50. The second-order valence-electron chi connectivity index (χ2n) is 15.4. The summed E-state index contributed by atoms with van der Waals surface area (Å²) in [5.74, 6) is -1.28. The second kappa shape index (κ2) is 22.9. The standard InChI is InChI=1S/C46H58N6O9S/c1-33(36-15-9-6-10-16-36)48-45(56)37-28-38(30-39(29-37)50(2)62(4,58)59)46(57)49-41(27-34-12-7-5-8-13-34)42(53)32-52(31-35-14-11-17-40(26-35)60-3)44(55)19-18-43(54)47-20-21-51-22-24-61-25-23-51/h5-17,26,28-30,33,41-42,53H,18-25,27,31-32H2,1-4H3,(H,47,54)(H,48,56)(H,49,57)/t33-,41+,42-/m1/s1. The van der Waals surface area contributed by atoms with Crippen LogP contribution >= 0.6 is 0 Å². The predicted octanol–water partition coefficient (Wildman–Crippen LogP) is 3.54. The smallest absolute Gasteiger partial charge is 0.251 e. The van der Waals surface area contributed by atoms with Gasteiger partial charge in [0.05, 0.1) is 50.5 Å². The first-order valence-electron chi connectivity index (χ1n) is 20.6. The average molecular weight is 871 g/mol. The molecule has 5 rings (SSSR count). The van der Waals surface area contributed by atoms with Crippen molar-refractivity contribution in [2.75, 3.05) is 70.7 Å². The molecule has 0 radical (unpaired) electrons.